The third-order valence-electron chi connectivity index (χ3n) is 4.31. The van der Waals surface area contributed by atoms with Gasteiger partial charge in [0.15, 0.2) is 17.6 Å². The molecule has 138 valence electrons. The van der Waals surface area contributed by atoms with Gasteiger partial charge in [0.25, 0.3) is 5.91 Å². The van der Waals surface area contributed by atoms with E-state index in [1.54, 1.807) is 12.1 Å². The number of amides is 1. The quantitative estimate of drug-likeness (QED) is 0.678. The van der Waals surface area contributed by atoms with Gasteiger partial charge in [0, 0.05) is 17.4 Å². The van der Waals surface area contributed by atoms with Gasteiger partial charge in [0.05, 0.1) is 0 Å². The van der Waals surface area contributed by atoms with Crippen LogP contribution in [-0.4, -0.2) is 29.8 Å². The van der Waals surface area contributed by atoms with Crippen molar-refractivity contribution in [3.63, 3.8) is 0 Å². The van der Waals surface area contributed by atoms with Crippen molar-refractivity contribution in [2.75, 3.05) is 6.79 Å². The standard InChI is InChI=1S/C20H18N2O5/c1-12(27-20(24)16-9-14-4-2-3-5-15(14)22-16)19(23)21-10-13-6-7-17-18(8-13)26-11-25-17/h2-9,12,22H,10-11H2,1H3,(H,21,23)/t12-/m1/s1. The maximum absolute atomic E-state index is 12.3. The second-order valence-corrected chi connectivity index (χ2v) is 6.22. The molecular formula is C20H18N2O5. The molecule has 0 saturated carbocycles. The number of benzene rings is 2. The molecule has 0 aliphatic carbocycles. The largest absolute Gasteiger partial charge is 0.454 e. The number of aromatic amines is 1. The third kappa shape index (κ3) is 3.57. The number of aromatic nitrogens is 1. The number of fused-ring (bicyclic) bond motifs is 2. The van der Waals surface area contributed by atoms with E-state index in [0.717, 1.165) is 16.5 Å². The Bertz CT molecular complexity index is 978. The molecule has 1 aliphatic rings. The Balaban J connectivity index is 1.34. The van der Waals surface area contributed by atoms with Crippen LogP contribution in [-0.2, 0) is 16.1 Å². The predicted octanol–water partition coefficient (Wildman–Crippen LogP) is 2.76. The van der Waals surface area contributed by atoms with Crippen molar-refractivity contribution in [1.82, 2.24) is 10.3 Å². The van der Waals surface area contributed by atoms with Gasteiger partial charge in [0.1, 0.15) is 5.69 Å². The molecule has 1 atom stereocenters. The number of carbonyl (C=O) groups is 2. The summed E-state index contributed by atoms with van der Waals surface area (Å²) in [6.45, 7) is 2.03. The minimum Gasteiger partial charge on any atom is -0.454 e. The summed E-state index contributed by atoms with van der Waals surface area (Å²) < 4.78 is 15.8. The number of nitrogens with one attached hydrogen (secondary N) is 2. The predicted molar refractivity (Wildman–Crippen MR) is 97.6 cm³/mol. The smallest absolute Gasteiger partial charge is 0.355 e. The normalized spacial score (nSPS) is 13.4. The average Bonchev–Trinajstić information content (AvgIpc) is 3.31. The van der Waals surface area contributed by atoms with Crippen molar-refractivity contribution >= 4 is 22.8 Å². The maximum atomic E-state index is 12.3. The first-order valence-electron chi connectivity index (χ1n) is 8.55. The first kappa shape index (κ1) is 17.0. The van der Waals surface area contributed by atoms with Crippen LogP contribution in [0.2, 0.25) is 0 Å². The monoisotopic (exact) mass is 366 g/mol. The van der Waals surface area contributed by atoms with Crippen LogP contribution < -0.4 is 14.8 Å². The number of hydrogen-bond donors (Lipinski definition) is 2. The molecule has 4 rings (SSSR count). The van der Waals surface area contributed by atoms with E-state index >= 15 is 0 Å². The van der Waals surface area contributed by atoms with Crippen LogP contribution in [0.15, 0.2) is 48.5 Å². The zero-order valence-corrected chi connectivity index (χ0v) is 14.7. The number of rotatable bonds is 5. The molecule has 1 amide bonds. The minimum atomic E-state index is -0.919. The summed E-state index contributed by atoms with van der Waals surface area (Å²) in [6, 6.07) is 14.7. The SMILES string of the molecule is C[C@@H](OC(=O)c1cc2ccccc2[nH]1)C(=O)NCc1ccc2c(c1)OCO2. The van der Waals surface area contributed by atoms with E-state index in [2.05, 4.69) is 10.3 Å². The first-order chi connectivity index (χ1) is 13.1. The Labute approximate surface area is 155 Å². The van der Waals surface area contributed by atoms with E-state index < -0.39 is 12.1 Å². The molecule has 0 unspecified atom stereocenters. The number of carbonyl (C=O) groups excluding carboxylic acids is 2. The molecule has 2 aromatic carbocycles. The fraction of sp³-hybridized carbons (Fsp3) is 0.200. The summed E-state index contributed by atoms with van der Waals surface area (Å²) in [4.78, 5) is 27.5. The lowest BCUT2D eigenvalue weighted by Crippen LogP contribution is -2.35. The zero-order chi connectivity index (χ0) is 18.8. The van der Waals surface area contributed by atoms with Crippen molar-refractivity contribution in [3.05, 3.63) is 59.8 Å². The number of para-hydroxylation sites is 1. The summed E-state index contributed by atoms with van der Waals surface area (Å²) in [7, 11) is 0. The fourth-order valence-electron chi connectivity index (χ4n) is 2.84. The lowest BCUT2D eigenvalue weighted by molar-refractivity contribution is -0.129. The van der Waals surface area contributed by atoms with Gasteiger partial charge < -0.3 is 24.5 Å². The summed E-state index contributed by atoms with van der Waals surface area (Å²) in [5.41, 5.74) is 2.01. The van der Waals surface area contributed by atoms with E-state index in [1.807, 2.05) is 36.4 Å². The highest BCUT2D eigenvalue weighted by Crippen LogP contribution is 2.32. The van der Waals surface area contributed by atoms with Gasteiger partial charge in [-0.2, -0.15) is 0 Å². The van der Waals surface area contributed by atoms with Crippen LogP contribution >= 0.6 is 0 Å². The second kappa shape index (κ2) is 7.03. The summed E-state index contributed by atoms with van der Waals surface area (Å²) in [6.07, 6.45) is -0.919. The lowest BCUT2D eigenvalue weighted by Gasteiger charge is -2.13. The van der Waals surface area contributed by atoms with Crippen LogP contribution in [0.5, 0.6) is 11.5 Å². The first-order valence-corrected chi connectivity index (χ1v) is 8.55. The second-order valence-electron chi connectivity index (χ2n) is 6.22. The van der Waals surface area contributed by atoms with Crippen LogP contribution in [0.4, 0.5) is 0 Å². The molecule has 0 radical (unpaired) electrons. The maximum Gasteiger partial charge on any atom is 0.355 e. The number of ether oxygens (including phenoxy) is 3. The van der Waals surface area contributed by atoms with E-state index in [9.17, 15) is 9.59 Å². The number of hydrogen-bond acceptors (Lipinski definition) is 5. The van der Waals surface area contributed by atoms with Crippen LogP contribution in [0.3, 0.4) is 0 Å². The molecule has 3 aromatic rings. The zero-order valence-electron chi connectivity index (χ0n) is 14.7. The van der Waals surface area contributed by atoms with E-state index in [1.165, 1.54) is 6.92 Å². The summed E-state index contributed by atoms with van der Waals surface area (Å²) in [5.74, 6) is 0.389. The van der Waals surface area contributed by atoms with Gasteiger partial charge in [-0.15, -0.1) is 0 Å². The Morgan fingerprint density at radius 3 is 2.81 bits per heavy atom. The van der Waals surface area contributed by atoms with Gasteiger partial charge in [-0.05, 0) is 36.8 Å². The highest BCUT2D eigenvalue weighted by molar-refractivity contribution is 5.96. The van der Waals surface area contributed by atoms with Gasteiger partial charge in [-0.25, -0.2) is 4.79 Å². The Hall–Kier alpha value is -3.48. The molecule has 2 N–H and O–H groups in total. The molecule has 0 bridgehead atoms. The van der Waals surface area contributed by atoms with Gasteiger partial charge in [-0.1, -0.05) is 24.3 Å². The Morgan fingerprint density at radius 2 is 1.96 bits per heavy atom. The van der Waals surface area contributed by atoms with Crippen LogP contribution in [0.25, 0.3) is 10.9 Å². The molecule has 2 heterocycles. The molecule has 0 saturated heterocycles. The van der Waals surface area contributed by atoms with Gasteiger partial charge >= 0.3 is 5.97 Å². The number of H-pyrrole nitrogens is 1. The lowest BCUT2D eigenvalue weighted by atomic mass is 10.2. The molecule has 7 heteroatoms. The number of esters is 1. The van der Waals surface area contributed by atoms with E-state index in [0.29, 0.717) is 23.7 Å². The van der Waals surface area contributed by atoms with E-state index in [-0.39, 0.29) is 12.7 Å². The summed E-state index contributed by atoms with van der Waals surface area (Å²) in [5, 5.41) is 3.66. The Kier molecular flexibility index (Phi) is 4.42. The topological polar surface area (TPSA) is 89.7 Å². The molecule has 0 fully saturated rings. The van der Waals surface area contributed by atoms with Crippen molar-refractivity contribution in [1.29, 1.82) is 0 Å². The highest BCUT2D eigenvalue weighted by atomic mass is 16.7. The van der Waals surface area contributed by atoms with Crippen molar-refractivity contribution in [2.45, 2.75) is 19.6 Å². The summed E-state index contributed by atoms with van der Waals surface area (Å²) >= 11 is 0. The van der Waals surface area contributed by atoms with Crippen LogP contribution in [0, 0.1) is 0 Å². The fourth-order valence-corrected chi connectivity index (χ4v) is 2.84. The third-order valence-corrected chi connectivity index (χ3v) is 4.31. The Morgan fingerprint density at radius 1 is 1.15 bits per heavy atom. The molecule has 1 aromatic heterocycles. The molecule has 0 spiro atoms. The molecular weight excluding hydrogens is 348 g/mol. The van der Waals surface area contributed by atoms with E-state index in [4.69, 9.17) is 14.2 Å². The van der Waals surface area contributed by atoms with Gasteiger partial charge in [-0.3, -0.25) is 4.79 Å². The molecule has 27 heavy (non-hydrogen) atoms. The minimum absolute atomic E-state index is 0.200. The molecule has 1 aliphatic heterocycles. The molecule has 7 nitrogen and oxygen atoms in total. The van der Waals surface area contributed by atoms with Gasteiger partial charge in [0.2, 0.25) is 6.79 Å². The van der Waals surface area contributed by atoms with Crippen molar-refractivity contribution in [2.24, 2.45) is 0 Å². The van der Waals surface area contributed by atoms with Crippen LogP contribution in [0.1, 0.15) is 23.0 Å². The highest BCUT2D eigenvalue weighted by Gasteiger charge is 2.20. The average molecular weight is 366 g/mol. The van der Waals surface area contributed by atoms with Crippen molar-refractivity contribution in [3.8, 4) is 11.5 Å². The van der Waals surface area contributed by atoms with Crippen molar-refractivity contribution < 1.29 is 23.8 Å².